The van der Waals surface area contributed by atoms with E-state index in [9.17, 15) is 0 Å². The normalized spacial score (nSPS) is 11.4. The first-order valence-corrected chi connectivity index (χ1v) is 11.5. The second-order valence-corrected chi connectivity index (χ2v) is 8.44. The third-order valence-corrected chi connectivity index (χ3v) is 6.28. The first kappa shape index (κ1) is 19.6. The van der Waals surface area contributed by atoms with Gasteiger partial charge in [0.15, 0.2) is 0 Å². The van der Waals surface area contributed by atoms with E-state index in [1.54, 1.807) is 0 Å². The summed E-state index contributed by atoms with van der Waals surface area (Å²) in [6, 6.07) is 36.8. The zero-order valence-electron chi connectivity index (χ0n) is 18.7. The Balaban J connectivity index is 1.29. The summed E-state index contributed by atoms with van der Waals surface area (Å²) < 4.78 is 10.4. The molecule has 5 heteroatoms. The van der Waals surface area contributed by atoms with E-state index in [1.165, 1.54) is 5.39 Å². The first-order chi connectivity index (χ1) is 17.3. The van der Waals surface area contributed by atoms with Crippen molar-refractivity contribution >= 4 is 32.8 Å². The molecule has 0 bridgehead atoms. The molecule has 0 atom stereocenters. The molecule has 166 valence electrons. The molecule has 0 amide bonds. The van der Waals surface area contributed by atoms with Crippen molar-refractivity contribution in [3.8, 4) is 22.9 Å². The highest BCUT2D eigenvalue weighted by molar-refractivity contribution is 6.07. The van der Waals surface area contributed by atoms with Gasteiger partial charge in [-0.15, -0.1) is 0 Å². The van der Waals surface area contributed by atoms with Crippen molar-refractivity contribution < 1.29 is 4.74 Å². The molecule has 4 aromatic carbocycles. The molecule has 7 aromatic rings. The standard InChI is InChI=1S/C30H20N4O/c1-3-15-28-21(8-1)20-32-34(28)23-10-6-12-25(19-23)35-24-11-5-9-22(18-24)33-29-16-4-2-13-26(29)27-14-7-17-31-30(27)33/h1-20H. The average Bonchev–Trinajstić information content (AvgIpc) is 3.49. The predicted octanol–water partition coefficient (Wildman–Crippen LogP) is 7.31. The third-order valence-electron chi connectivity index (χ3n) is 6.28. The minimum absolute atomic E-state index is 0.750. The minimum Gasteiger partial charge on any atom is -0.457 e. The summed E-state index contributed by atoms with van der Waals surface area (Å²) in [5.41, 5.74) is 5.06. The molecule has 0 spiro atoms. The van der Waals surface area contributed by atoms with Crippen molar-refractivity contribution in [2.45, 2.75) is 0 Å². The molecule has 35 heavy (non-hydrogen) atoms. The Bertz CT molecular complexity index is 1790. The lowest BCUT2D eigenvalue weighted by atomic mass is 10.2. The van der Waals surface area contributed by atoms with Crippen molar-refractivity contribution in [1.29, 1.82) is 0 Å². The summed E-state index contributed by atoms with van der Waals surface area (Å²) in [7, 11) is 0. The lowest BCUT2D eigenvalue weighted by Gasteiger charge is -2.11. The molecule has 0 N–H and O–H groups in total. The summed E-state index contributed by atoms with van der Waals surface area (Å²) in [6.07, 6.45) is 3.72. The number of pyridine rings is 1. The van der Waals surface area contributed by atoms with E-state index in [-0.39, 0.29) is 0 Å². The monoisotopic (exact) mass is 452 g/mol. The van der Waals surface area contributed by atoms with E-state index in [0.29, 0.717) is 0 Å². The van der Waals surface area contributed by atoms with Gasteiger partial charge in [-0.3, -0.25) is 4.57 Å². The largest absolute Gasteiger partial charge is 0.457 e. The maximum Gasteiger partial charge on any atom is 0.145 e. The van der Waals surface area contributed by atoms with Gasteiger partial charge in [-0.25, -0.2) is 9.67 Å². The lowest BCUT2D eigenvalue weighted by molar-refractivity contribution is 0.482. The van der Waals surface area contributed by atoms with Gasteiger partial charge in [0.2, 0.25) is 0 Å². The molecule has 0 unspecified atom stereocenters. The first-order valence-electron chi connectivity index (χ1n) is 11.5. The van der Waals surface area contributed by atoms with Crippen LogP contribution in [0.25, 0.3) is 44.2 Å². The average molecular weight is 453 g/mol. The number of fused-ring (bicyclic) bond motifs is 4. The zero-order chi connectivity index (χ0) is 23.2. The minimum atomic E-state index is 0.750. The third kappa shape index (κ3) is 3.25. The van der Waals surface area contributed by atoms with Crippen molar-refractivity contribution in [1.82, 2.24) is 19.3 Å². The fourth-order valence-corrected chi connectivity index (χ4v) is 4.74. The summed E-state index contributed by atoms with van der Waals surface area (Å²) in [4.78, 5) is 4.69. The summed E-state index contributed by atoms with van der Waals surface area (Å²) in [6.45, 7) is 0. The van der Waals surface area contributed by atoms with Crippen LogP contribution >= 0.6 is 0 Å². The topological polar surface area (TPSA) is 44.9 Å². The highest BCUT2D eigenvalue weighted by Gasteiger charge is 2.13. The number of aromatic nitrogens is 4. The van der Waals surface area contributed by atoms with Crippen LogP contribution < -0.4 is 4.74 Å². The molecule has 3 aromatic heterocycles. The molecule has 5 nitrogen and oxygen atoms in total. The van der Waals surface area contributed by atoms with Crippen LogP contribution in [0, 0.1) is 0 Å². The molecule has 7 rings (SSSR count). The van der Waals surface area contributed by atoms with Crippen LogP contribution in [-0.4, -0.2) is 19.3 Å². The van der Waals surface area contributed by atoms with Crippen molar-refractivity contribution in [2.24, 2.45) is 0 Å². The SMILES string of the molecule is c1cc(Oc2cccc(-n3c4ccccc4c4cccnc43)c2)cc(-n2ncc3ccccc32)c1. The Hall–Kier alpha value is -4.90. The second kappa shape index (κ2) is 7.85. The van der Waals surface area contributed by atoms with E-state index < -0.39 is 0 Å². The van der Waals surface area contributed by atoms with Crippen LogP contribution in [0.1, 0.15) is 0 Å². The highest BCUT2D eigenvalue weighted by Crippen LogP contribution is 2.32. The summed E-state index contributed by atoms with van der Waals surface area (Å²) in [5.74, 6) is 1.51. The quantitative estimate of drug-likeness (QED) is 0.281. The Kier molecular flexibility index (Phi) is 4.39. The molecule has 0 aliphatic rings. The van der Waals surface area contributed by atoms with Crippen LogP contribution in [0.2, 0.25) is 0 Å². The molecule has 0 saturated carbocycles. The van der Waals surface area contributed by atoms with E-state index in [1.807, 2.05) is 71.7 Å². The van der Waals surface area contributed by atoms with Crippen molar-refractivity contribution in [3.63, 3.8) is 0 Å². The number of para-hydroxylation sites is 2. The van der Waals surface area contributed by atoms with Crippen molar-refractivity contribution in [3.05, 3.63) is 122 Å². The Labute approximate surface area is 201 Å². The van der Waals surface area contributed by atoms with Gasteiger partial charge in [-0.1, -0.05) is 48.5 Å². The van der Waals surface area contributed by atoms with Crippen LogP contribution in [-0.2, 0) is 0 Å². The molecular weight excluding hydrogens is 432 g/mol. The van der Waals surface area contributed by atoms with Crippen LogP contribution in [0.5, 0.6) is 11.5 Å². The predicted molar refractivity (Wildman–Crippen MR) is 140 cm³/mol. The second-order valence-electron chi connectivity index (χ2n) is 8.44. The van der Waals surface area contributed by atoms with Gasteiger partial charge < -0.3 is 4.74 Å². The summed E-state index contributed by atoms with van der Waals surface area (Å²) >= 11 is 0. The Morgan fingerprint density at radius 3 is 2.20 bits per heavy atom. The summed E-state index contributed by atoms with van der Waals surface area (Å²) in [5, 5.41) is 7.99. The molecule has 0 radical (unpaired) electrons. The van der Waals surface area contributed by atoms with E-state index in [2.05, 4.69) is 69.2 Å². The smallest absolute Gasteiger partial charge is 0.145 e. The van der Waals surface area contributed by atoms with Gasteiger partial charge >= 0.3 is 0 Å². The molecule has 0 aliphatic heterocycles. The lowest BCUT2D eigenvalue weighted by Crippen LogP contribution is -1.97. The Morgan fingerprint density at radius 1 is 0.600 bits per heavy atom. The number of rotatable bonds is 4. The number of benzene rings is 4. The number of hydrogen-bond acceptors (Lipinski definition) is 3. The maximum atomic E-state index is 6.32. The van der Waals surface area contributed by atoms with Crippen molar-refractivity contribution in [2.75, 3.05) is 0 Å². The number of nitrogens with zero attached hydrogens (tertiary/aromatic N) is 4. The number of ether oxygens (including phenoxy) is 1. The molecule has 0 fully saturated rings. The highest BCUT2D eigenvalue weighted by atomic mass is 16.5. The fourth-order valence-electron chi connectivity index (χ4n) is 4.74. The molecule has 3 heterocycles. The van der Waals surface area contributed by atoms with Crippen LogP contribution in [0.3, 0.4) is 0 Å². The fraction of sp³-hybridized carbons (Fsp3) is 0. The van der Waals surface area contributed by atoms with Gasteiger partial charge in [-0.05, 0) is 48.5 Å². The van der Waals surface area contributed by atoms with E-state index >= 15 is 0 Å². The molecular formula is C30H20N4O. The van der Waals surface area contributed by atoms with E-state index in [4.69, 9.17) is 4.74 Å². The van der Waals surface area contributed by atoms with Crippen LogP contribution in [0.4, 0.5) is 0 Å². The maximum absolute atomic E-state index is 6.32. The Morgan fingerprint density at radius 2 is 1.31 bits per heavy atom. The number of hydrogen-bond donors (Lipinski definition) is 0. The zero-order valence-corrected chi connectivity index (χ0v) is 18.7. The van der Waals surface area contributed by atoms with Gasteiger partial charge in [0.1, 0.15) is 17.1 Å². The van der Waals surface area contributed by atoms with Gasteiger partial charge in [0.05, 0.1) is 28.6 Å². The van der Waals surface area contributed by atoms with Gasteiger partial charge in [0.25, 0.3) is 0 Å². The van der Waals surface area contributed by atoms with E-state index in [0.717, 1.165) is 50.3 Å². The molecule has 0 saturated heterocycles. The van der Waals surface area contributed by atoms with Gasteiger partial charge in [0, 0.05) is 34.5 Å². The van der Waals surface area contributed by atoms with Gasteiger partial charge in [-0.2, -0.15) is 5.10 Å². The van der Waals surface area contributed by atoms with Crippen LogP contribution in [0.15, 0.2) is 122 Å². The molecule has 0 aliphatic carbocycles.